The number of carbonyl (C=O) groups excluding carboxylic acids is 1. The van der Waals surface area contributed by atoms with Gasteiger partial charge in [-0.25, -0.2) is 0 Å². The largest absolute Gasteiger partial charge is 0.465 e. The Balaban J connectivity index is 4.32. The van der Waals surface area contributed by atoms with E-state index in [2.05, 4.69) is 5.32 Å². The van der Waals surface area contributed by atoms with Crippen LogP contribution >= 0.6 is 0 Å². The second kappa shape index (κ2) is 9.28. The number of nitrogens with one attached hydrogen (secondary N) is 1. The van der Waals surface area contributed by atoms with E-state index in [9.17, 15) is 4.79 Å². The van der Waals surface area contributed by atoms with Gasteiger partial charge in [-0.1, -0.05) is 0 Å². The average molecular weight is 275 g/mol. The summed E-state index contributed by atoms with van der Waals surface area (Å²) in [4.78, 5) is 11.9. The van der Waals surface area contributed by atoms with Crippen molar-refractivity contribution in [2.75, 3.05) is 26.9 Å². The Labute approximate surface area is 117 Å². The van der Waals surface area contributed by atoms with Gasteiger partial charge in [-0.05, 0) is 41.7 Å². The van der Waals surface area contributed by atoms with Crippen LogP contribution in [-0.4, -0.2) is 50.6 Å². The molecule has 114 valence electrons. The van der Waals surface area contributed by atoms with Crippen molar-refractivity contribution < 1.29 is 19.0 Å². The summed E-state index contributed by atoms with van der Waals surface area (Å²) >= 11 is 0. The van der Waals surface area contributed by atoms with Crippen LogP contribution in [0.15, 0.2) is 0 Å². The highest BCUT2D eigenvalue weighted by atomic mass is 16.5. The molecule has 3 unspecified atom stereocenters. The smallest absolute Gasteiger partial charge is 0.326 e. The van der Waals surface area contributed by atoms with Crippen molar-refractivity contribution in [3.8, 4) is 0 Å². The van der Waals surface area contributed by atoms with Crippen molar-refractivity contribution in [1.29, 1.82) is 0 Å². The molecule has 5 nitrogen and oxygen atoms in total. The summed E-state index contributed by atoms with van der Waals surface area (Å²) in [5.41, 5.74) is -0.721. The molecule has 0 amide bonds. The van der Waals surface area contributed by atoms with E-state index in [1.54, 1.807) is 14.0 Å². The van der Waals surface area contributed by atoms with Gasteiger partial charge < -0.3 is 19.5 Å². The lowest BCUT2D eigenvalue weighted by Gasteiger charge is -2.30. The highest BCUT2D eigenvalue weighted by Gasteiger charge is 2.35. The monoisotopic (exact) mass is 275 g/mol. The summed E-state index contributed by atoms with van der Waals surface area (Å²) in [5.74, 6) is -0.245. The summed E-state index contributed by atoms with van der Waals surface area (Å²) in [6, 6.07) is 0. The van der Waals surface area contributed by atoms with Crippen molar-refractivity contribution >= 4 is 5.97 Å². The molecule has 5 heteroatoms. The molecule has 0 spiro atoms. The third kappa shape index (κ3) is 6.89. The van der Waals surface area contributed by atoms with E-state index in [0.29, 0.717) is 26.2 Å². The third-order valence-corrected chi connectivity index (χ3v) is 2.99. The Morgan fingerprint density at radius 1 is 1.21 bits per heavy atom. The molecule has 1 N–H and O–H groups in total. The van der Waals surface area contributed by atoms with E-state index >= 15 is 0 Å². The van der Waals surface area contributed by atoms with Crippen LogP contribution in [0.1, 0.15) is 41.0 Å². The lowest BCUT2D eigenvalue weighted by molar-refractivity contribution is -0.152. The van der Waals surface area contributed by atoms with Gasteiger partial charge in [0.2, 0.25) is 0 Å². The van der Waals surface area contributed by atoms with Crippen LogP contribution in [0.3, 0.4) is 0 Å². The summed E-state index contributed by atoms with van der Waals surface area (Å²) < 4.78 is 16.2. The molecular weight excluding hydrogens is 246 g/mol. The van der Waals surface area contributed by atoms with Crippen molar-refractivity contribution in [3.05, 3.63) is 0 Å². The van der Waals surface area contributed by atoms with Gasteiger partial charge in [0.1, 0.15) is 5.54 Å². The maximum atomic E-state index is 11.9. The number of hydrogen-bond acceptors (Lipinski definition) is 5. The molecule has 0 rings (SSSR count). The molecular formula is C14H29NO4. The molecule has 0 radical (unpaired) electrons. The lowest BCUT2D eigenvalue weighted by Crippen LogP contribution is -2.51. The molecule has 0 aromatic heterocycles. The summed E-state index contributed by atoms with van der Waals surface area (Å²) in [7, 11) is 1.76. The molecule has 19 heavy (non-hydrogen) atoms. The topological polar surface area (TPSA) is 56.8 Å². The Hall–Kier alpha value is -0.650. The molecule has 0 saturated carbocycles. The minimum Gasteiger partial charge on any atom is -0.465 e. The van der Waals surface area contributed by atoms with Crippen LogP contribution in [0.5, 0.6) is 0 Å². The van der Waals surface area contributed by atoms with E-state index < -0.39 is 5.54 Å². The van der Waals surface area contributed by atoms with Gasteiger partial charge in [-0.15, -0.1) is 0 Å². The van der Waals surface area contributed by atoms with Crippen molar-refractivity contribution in [2.45, 2.75) is 58.8 Å². The van der Waals surface area contributed by atoms with Gasteiger partial charge in [-0.2, -0.15) is 0 Å². The van der Waals surface area contributed by atoms with Gasteiger partial charge in [-0.3, -0.25) is 4.79 Å². The Morgan fingerprint density at radius 2 is 1.84 bits per heavy atom. The first-order valence-electron chi connectivity index (χ1n) is 6.98. The molecule has 3 atom stereocenters. The second-order valence-corrected chi connectivity index (χ2v) is 4.92. The molecule has 0 saturated heterocycles. The first-order chi connectivity index (χ1) is 8.89. The van der Waals surface area contributed by atoms with Crippen LogP contribution < -0.4 is 5.32 Å². The van der Waals surface area contributed by atoms with Crippen LogP contribution in [0.4, 0.5) is 0 Å². The number of ether oxygens (including phenoxy) is 3. The van der Waals surface area contributed by atoms with Gasteiger partial charge in [0.05, 0.1) is 25.4 Å². The zero-order valence-corrected chi connectivity index (χ0v) is 13.1. The van der Waals surface area contributed by atoms with Crippen molar-refractivity contribution in [3.63, 3.8) is 0 Å². The number of rotatable bonds is 10. The number of esters is 1. The third-order valence-electron chi connectivity index (χ3n) is 2.99. The minimum atomic E-state index is -0.721. The van der Waals surface area contributed by atoms with E-state index in [0.717, 1.165) is 0 Å². The van der Waals surface area contributed by atoms with Gasteiger partial charge in [0.15, 0.2) is 0 Å². The number of hydrogen-bond donors (Lipinski definition) is 1. The van der Waals surface area contributed by atoms with Gasteiger partial charge >= 0.3 is 5.97 Å². The summed E-state index contributed by atoms with van der Waals surface area (Å²) in [5, 5.41) is 3.02. The molecule has 0 heterocycles. The van der Waals surface area contributed by atoms with Crippen LogP contribution in [-0.2, 0) is 19.0 Å². The first-order valence-corrected chi connectivity index (χ1v) is 6.98. The predicted octanol–water partition coefficient (Wildman–Crippen LogP) is 1.75. The minimum absolute atomic E-state index is 0.0123. The maximum Gasteiger partial charge on any atom is 0.326 e. The number of carbonyl (C=O) groups is 1. The molecule has 0 aliphatic rings. The Morgan fingerprint density at radius 3 is 2.32 bits per heavy atom. The van der Waals surface area contributed by atoms with Crippen molar-refractivity contribution in [2.24, 2.45) is 0 Å². The van der Waals surface area contributed by atoms with Crippen LogP contribution in [0.25, 0.3) is 0 Å². The van der Waals surface area contributed by atoms with Gasteiger partial charge in [0, 0.05) is 13.0 Å². The molecule has 0 bridgehead atoms. The van der Waals surface area contributed by atoms with E-state index in [1.165, 1.54) is 0 Å². The Kier molecular flexibility index (Phi) is 8.97. The zero-order chi connectivity index (χ0) is 14.9. The SMILES string of the molecule is CCOCC(C)OC(C)CC(C)(NC)C(=O)OCC. The highest BCUT2D eigenvalue weighted by molar-refractivity contribution is 5.80. The average Bonchev–Trinajstić information content (AvgIpc) is 2.36. The highest BCUT2D eigenvalue weighted by Crippen LogP contribution is 2.17. The van der Waals surface area contributed by atoms with Crippen LogP contribution in [0.2, 0.25) is 0 Å². The normalized spacial score (nSPS) is 17.6. The maximum absolute atomic E-state index is 11.9. The Bertz CT molecular complexity index is 260. The fourth-order valence-electron chi connectivity index (χ4n) is 1.92. The summed E-state index contributed by atoms with van der Waals surface area (Å²) in [6.07, 6.45) is 0.509. The summed E-state index contributed by atoms with van der Waals surface area (Å²) in [6.45, 7) is 11.1. The molecule has 0 fully saturated rings. The molecule has 0 aliphatic carbocycles. The van der Waals surface area contributed by atoms with Gasteiger partial charge in [0.25, 0.3) is 0 Å². The fraction of sp³-hybridized carbons (Fsp3) is 0.929. The van der Waals surface area contributed by atoms with E-state index in [4.69, 9.17) is 14.2 Å². The second-order valence-electron chi connectivity index (χ2n) is 4.92. The fourth-order valence-corrected chi connectivity index (χ4v) is 1.92. The first kappa shape index (κ1) is 18.4. The zero-order valence-electron chi connectivity index (χ0n) is 13.1. The number of likely N-dealkylation sites (N-methyl/N-ethyl adjacent to an activating group) is 1. The van der Waals surface area contributed by atoms with E-state index in [-0.39, 0.29) is 18.2 Å². The quantitative estimate of drug-likeness (QED) is 0.616. The standard InChI is InChI=1S/C14H29NO4/c1-7-17-10-12(4)19-11(3)9-14(5,15-6)13(16)18-8-2/h11-12,15H,7-10H2,1-6H3. The molecule has 0 aromatic rings. The lowest BCUT2D eigenvalue weighted by atomic mass is 9.95. The predicted molar refractivity (Wildman–Crippen MR) is 75.2 cm³/mol. The van der Waals surface area contributed by atoms with E-state index in [1.807, 2.05) is 27.7 Å². The molecule has 0 aromatic carbocycles. The van der Waals surface area contributed by atoms with Crippen LogP contribution in [0, 0.1) is 0 Å². The molecule has 0 aliphatic heterocycles. The van der Waals surface area contributed by atoms with Crippen molar-refractivity contribution in [1.82, 2.24) is 5.32 Å².